The van der Waals surface area contributed by atoms with Gasteiger partial charge < -0.3 is 15.3 Å². The molecule has 0 bridgehead atoms. The first kappa shape index (κ1) is 33.0. The Labute approximate surface area is 224 Å². The molecule has 0 aliphatic heterocycles. The third-order valence-electron chi connectivity index (χ3n) is 3.70. The lowest BCUT2D eigenvalue weighted by Crippen LogP contribution is -2.18. The summed E-state index contributed by atoms with van der Waals surface area (Å²) in [5.41, 5.74) is 0.0188. The van der Waals surface area contributed by atoms with Crippen LogP contribution in [0.2, 0.25) is 0 Å². The van der Waals surface area contributed by atoms with E-state index in [0.717, 1.165) is 18.6 Å². The maximum absolute atomic E-state index is 13.4. The Morgan fingerprint density at radius 3 is 1.94 bits per heavy atom. The number of hydrogen-bond donors (Lipinski definition) is 2. The van der Waals surface area contributed by atoms with Crippen LogP contribution in [0, 0.1) is 31.9 Å². The van der Waals surface area contributed by atoms with Gasteiger partial charge in [0.25, 0.3) is 11.4 Å². The van der Waals surface area contributed by atoms with Gasteiger partial charge in [-0.1, -0.05) is 6.92 Å². The van der Waals surface area contributed by atoms with Crippen molar-refractivity contribution in [3.8, 4) is 0 Å². The number of benzene rings is 2. The molecule has 0 fully saturated rings. The molecule has 0 saturated heterocycles. The Morgan fingerprint density at radius 2 is 1.53 bits per heavy atom. The van der Waals surface area contributed by atoms with Crippen molar-refractivity contribution in [2.45, 2.75) is 13.3 Å². The van der Waals surface area contributed by atoms with Crippen LogP contribution in [0.3, 0.4) is 0 Å². The van der Waals surface area contributed by atoms with Crippen LogP contribution < -0.4 is 10.2 Å². The van der Waals surface area contributed by atoms with E-state index in [1.165, 1.54) is 24.3 Å². The molecule has 0 unspecified atom stereocenters. The number of non-ortho nitro benzene ring substituents is 2. The van der Waals surface area contributed by atoms with E-state index >= 15 is 0 Å². The van der Waals surface area contributed by atoms with E-state index in [2.05, 4.69) is 42.5 Å². The summed E-state index contributed by atoms with van der Waals surface area (Å²) in [5.74, 6) is -1.26. The van der Waals surface area contributed by atoms with Gasteiger partial charge >= 0.3 is 0 Å². The molecule has 0 amide bonds. The molecule has 0 aliphatic rings. The zero-order chi connectivity index (χ0) is 24.0. The molecule has 0 atom stereocenters. The highest BCUT2D eigenvalue weighted by atomic mass is 128. The number of nitro groups is 2. The standard InChI is InChI=1S/C10H13FN2O2.C8H9FN2O3.I2.HI/c1-3-6-12(2)10-5-4-8(13(14)15)7-9(10)11;9-7-5-6(11(13)14)1-2-8(7)10-3-4-12;1-2;/h4-5,7H,3,6H2,1-2H3;1-2,5,10,12H,3-4H2;;1H. The van der Waals surface area contributed by atoms with Crippen LogP contribution in [0.25, 0.3) is 0 Å². The first-order chi connectivity index (χ1) is 14.7. The molecule has 0 spiro atoms. The van der Waals surface area contributed by atoms with Gasteiger partial charge in [0.1, 0.15) is 0 Å². The summed E-state index contributed by atoms with van der Waals surface area (Å²) >= 11 is 4.24. The van der Waals surface area contributed by atoms with Crippen LogP contribution in [-0.2, 0) is 0 Å². The number of nitrogens with zero attached hydrogens (tertiary/aromatic N) is 3. The molecule has 0 aromatic heterocycles. The van der Waals surface area contributed by atoms with Crippen molar-refractivity contribution in [3.05, 3.63) is 68.3 Å². The molecule has 0 aliphatic carbocycles. The summed E-state index contributed by atoms with van der Waals surface area (Å²) in [6.07, 6.45) is 0.896. The van der Waals surface area contributed by atoms with Crippen LogP contribution in [0.5, 0.6) is 0 Å². The zero-order valence-electron chi connectivity index (χ0n) is 17.1. The van der Waals surface area contributed by atoms with Crippen LogP contribution in [0.1, 0.15) is 13.3 Å². The van der Waals surface area contributed by atoms with Crippen molar-refractivity contribution < 1.29 is 23.7 Å². The first-order valence-corrected chi connectivity index (χ1v) is 15.1. The van der Waals surface area contributed by atoms with Crippen LogP contribution in [0.4, 0.5) is 31.5 Å². The zero-order valence-corrected chi connectivity index (χ0v) is 23.8. The van der Waals surface area contributed by atoms with Crippen LogP contribution in [-0.4, -0.2) is 41.7 Å². The van der Waals surface area contributed by atoms with Gasteiger partial charge in [0, 0.05) is 69.5 Å². The minimum Gasteiger partial charge on any atom is -0.395 e. The average Bonchev–Trinajstić information content (AvgIpc) is 2.74. The highest BCUT2D eigenvalue weighted by Gasteiger charge is 2.13. The molecule has 0 heterocycles. The second-order valence-electron chi connectivity index (χ2n) is 5.89. The number of hydrogen-bond acceptors (Lipinski definition) is 7. The third kappa shape index (κ3) is 11.6. The normalized spacial score (nSPS) is 9.22. The Hall–Kier alpha value is -1.15. The molecule has 180 valence electrons. The molecule has 0 radical (unpaired) electrons. The minimum absolute atomic E-state index is 0. The fourth-order valence-corrected chi connectivity index (χ4v) is 2.33. The smallest absolute Gasteiger partial charge is 0.272 e. The SMILES string of the molecule is CCCN(C)c1ccc([N+](=O)[O-])cc1F.I.II.O=[N+]([O-])c1ccc(NCCO)c(F)c1. The number of nitro benzene ring substituents is 2. The fourth-order valence-electron chi connectivity index (χ4n) is 2.33. The van der Waals surface area contributed by atoms with Gasteiger partial charge in [-0.15, -0.1) is 24.0 Å². The van der Waals surface area contributed by atoms with Gasteiger partial charge in [-0.2, -0.15) is 0 Å². The molecule has 2 aromatic rings. The summed E-state index contributed by atoms with van der Waals surface area (Å²) < 4.78 is 26.5. The van der Waals surface area contributed by atoms with Gasteiger partial charge in [-0.05, 0) is 18.6 Å². The van der Waals surface area contributed by atoms with E-state index in [-0.39, 0.29) is 54.2 Å². The maximum Gasteiger partial charge on any atom is 0.272 e. The molecule has 2 aromatic carbocycles. The second kappa shape index (κ2) is 18.3. The number of halogens is 5. The van der Waals surface area contributed by atoms with Crippen LogP contribution >= 0.6 is 61.2 Å². The van der Waals surface area contributed by atoms with Gasteiger partial charge in [0.2, 0.25) is 0 Å². The van der Waals surface area contributed by atoms with Gasteiger partial charge in [-0.25, -0.2) is 8.78 Å². The van der Waals surface area contributed by atoms with Crippen molar-refractivity contribution in [1.29, 1.82) is 0 Å². The number of anilines is 2. The molecule has 0 saturated carbocycles. The quantitative estimate of drug-likeness (QED) is 0.188. The molecule has 32 heavy (non-hydrogen) atoms. The van der Waals surface area contributed by atoms with E-state index < -0.39 is 21.5 Å². The molecule has 2 N–H and O–H groups in total. The Morgan fingerprint density at radius 1 is 1.03 bits per heavy atom. The summed E-state index contributed by atoms with van der Waals surface area (Å²) in [5, 5.41) is 31.7. The van der Waals surface area contributed by atoms with Crippen molar-refractivity contribution >= 4 is 84.0 Å². The van der Waals surface area contributed by atoms with E-state index in [1.54, 1.807) is 11.9 Å². The van der Waals surface area contributed by atoms with Crippen LogP contribution in [0.15, 0.2) is 36.4 Å². The lowest BCUT2D eigenvalue weighted by Gasteiger charge is -2.18. The molecular formula is C18H23F2I3N4O5. The lowest BCUT2D eigenvalue weighted by atomic mass is 10.2. The topological polar surface area (TPSA) is 122 Å². The van der Waals surface area contributed by atoms with E-state index in [1.807, 2.05) is 6.92 Å². The highest BCUT2D eigenvalue weighted by molar-refractivity contribution is 15.0. The number of nitrogens with one attached hydrogen (secondary N) is 1. The van der Waals surface area contributed by atoms with Gasteiger partial charge in [0.15, 0.2) is 11.6 Å². The summed E-state index contributed by atoms with van der Waals surface area (Å²) in [7, 11) is 1.76. The van der Waals surface area contributed by atoms with Crippen molar-refractivity contribution in [1.82, 2.24) is 0 Å². The molecule has 9 nitrogen and oxygen atoms in total. The fraction of sp³-hybridized carbons (Fsp3) is 0.333. The van der Waals surface area contributed by atoms with Crippen molar-refractivity contribution in [3.63, 3.8) is 0 Å². The monoisotopic (exact) mass is 794 g/mol. The predicted molar refractivity (Wildman–Crippen MR) is 149 cm³/mol. The van der Waals surface area contributed by atoms with E-state index in [0.29, 0.717) is 12.2 Å². The van der Waals surface area contributed by atoms with Crippen molar-refractivity contribution in [2.24, 2.45) is 0 Å². The maximum atomic E-state index is 13.4. The van der Waals surface area contributed by atoms with E-state index in [9.17, 15) is 29.0 Å². The second-order valence-corrected chi connectivity index (χ2v) is 5.89. The number of aliphatic hydroxyl groups is 1. The Kier molecular flexibility index (Phi) is 18.9. The Bertz CT molecular complexity index is 865. The third-order valence-corrected chi connectivity index (χ3v) is 3.70. The predicted octanol–water partition coefficient (Wildman–Crippen LogP) is 6.11. The molecular weight excluding hydrogens is 771 g/mol. The number of rotatable bonds is 8. The largest absolute Gasteiger partial charge is 0.395 e. The molecule has 2 rings (SSSR count). The first-order valence-electron chi connectivity index (χ1n) is 8.79. The number of aliphatic hydroxyl groups excluding tert-OH is 1. The molecule has 14 heteroatoms. The highest BCUT2D eigenvalue weighted by Crippen LogP contribution is 2.23. The minimum atomic E-state index is -0.701. The average molecular weight is 794 g/mol. The summed E-state index contributed by atoms with van der Waals surface area (Å²) in [4.78, 5) is 21.1. The van der Waals surface area contributed by atoms with E-state index in [4.69, 9.17) is 5.11 Å². The lowest BCUT2D eigenvalue weighted by molar-refractivity contribution is -0.385. The van der Waals surface area contributed by atoms with Gasteiger partial charge in [0.05, 0.1) is 40.0 Å². The summed E-state index contributed by atoms with van der Waals surface area (Å²) in [6, 6.07) is 6.99. The van der Waals surface area contributed by atoms with Crippen molar-refractivity contribution in [2.75, 3.05) is 37.0 Å². The Balaban J connectivity index is 0. The van der Waals surface area contributed by atoms with Gasteiger partial charge in [-0.3, -0.25) is 20.2 Å². The summed E-state index contributed by atoms with van der Waals surface area (Å²) in [6.45, 7) is 2.78.